The SMILES string of the molecule is NC(=O)C(O)CNc1ncc(C(F)(F)F)cc1Cl. The van der Waals surface area contributed by atoms with Crippen LogP contribution in [0.25, 0.3) is 0 Å². The van der Waals surface area contributed by atoms with Gasteiger partial charge in [0.1, 0.15) is 11.9 Å². The van der Waals surface area contributed by atoms with Crippen molar-refractivity contribution in [2.75, 3.05) is 11.9 Å². The van der Waals surface area contributed by atoms with Crippen LogP contribution >= 0.6 is 11.6 Å². The van der Waals surface area contributed by atoms with E-state index in [0.717, 1.165) is 0 Å². The Kier molecular flexibility index (Phi) is 4.36. The standard InChI is InChI=1S/C9H9ClF3N3O2/c10-5-1-4(9(11,12)13)2-15-8(5)16-3-6(17)7(14)18/h1-2,6,17H,3H2,(H2,14,18)(H,15,16). The number of halogens is 4. The first-order chi connectivity index (χ1) is 8.21. The van der Waals surface area contributed by atoms with Crippen molar-refractivity contribution >= 4 is 23.3 Å². The lowest BCUT2D eigenvalue weighted by Gasteiger charge is -2.12. The summed E-state index contributed by atoms with van der Waals surface area (Å²) in [7, 11) is 0. The summed E-state index contributed by atoms with van der Waals surface area (Å²) < 4.78 is 36.9. The van der Waals surface area contributed by atoms with Gasteiger partial charge in [-0.05, 0) is 6.07 Å². The lowest BCUT2D eigenvalue weighted by atomic mass is 10.2. The maximum Gasteiger partial charge on any atom is 0.417 e. The fourth-order valence-corrected chi connectivity index (χ4v) is 1.25. The molecule has 5 nitrogen and oxygen atoms in total. The summed E-state index contributed by atoms with van der Waals surface area (Å²) in [6.45, 7) is -0.298. The van der Waals surface area contributed by atoms with Crippen LogP contribution in [0.5, 0.6) is 0 Å². The third-order valence-corrected chi connectivity index (χ3v) is 2.25. The van der Waals surface area contributed by atoms with Gasteiger partial charge in [-0.1, -0.05) is 11.6 Å². The zero-order valence-electron chi connectivity index (χ0n) is 8.83. The molecule has 100 valence electrons. The average molecular weight is 284 g/mol. The molecule has 4 N–H and O–H groups in total. The number of nitrogens with two attached hydrogens (primary N) is 1. The quantitative estimate of drug-likeness (QED) is 0.769. The molecule has 0 aliphatic heterocycles. The van der Waals surface area contributed by atoms with Crippen LogP contribution in [0.2, 0.25) is 5.02 Å². The van der Waals surface area contributed by atoms with Gasteiger partial charge in [-0.25, -0.2) is 4.98 Å². The molecule has 0 fully saturated rings. The summed E-state index contributed by atoms with van der Waals surface area (Å²) in [5.41, 5.74) is 3.80. The minimum atomic E-state index is -4.54. The molecule has 0 aliphatic rings. The molecule has 0 aliphatic carbocycles. The van der Waals surface area contributed by atoms with E-state index in [1.165, 1.54) is 0 Å². The Hall–Kier alpha value is -1.54. The number of aliphatic hydroxyl groups excluding tert-OH is 1. The number of aromatic nitrogens is 1. The van der Waals surface area contributed by atoms with Crippen LogP contribution in [0.3, 0.4) is 0 Å². The van der Waals surface area contributed by atoms with Gasteiger partial charge < -0.3 is 16.2 Å². The van der Waals surface area contributed by atoms with E-state index in [1.807, 2.05) is 0 Å². The van der Waals surface area contributed by atoms with Gasteiger partial charge in [-0.3, -0.25) is 4.79 Å². The van der Waals surface area contributed by atoms with Crippen molar-refractivity contribution in [3.63, 3.8) is 0 Å². The van der Waals surface area contributed by atoms with Gasteiger partial charge in [0.2, 0.25) is 5.91 Å². The van der Waals surface area contributed by atoms with Crippen molar-refractivity contribution in [2.24, 2.45) is 5.73 Å². The number of amides is 1. The molecule has 0 saturated heterocycles. The number of carbonyl (C=O) groups is 1. The first-order valence-electron chi connectivity index (χ1n) is 4.66. The predicted molar refractivity (Wildman–Crippen MR) is 57.9 cm³/mol. The molecule has 1 unspecified atom stereocenters. The molecule has 0 radical (unpaired) electrons. The summed E-state index contributed by atoms with van der Waals surface area (Å²) in [6, 6.07) is 0.688. The molecule has 1 aromatic heterocycles. The van der Waals surface area contributed by atoms with Crippen LogP contribution in [0, 0.1) is 0 Å². The van der Waals surface area contributed by atoms with Crippen LogP contribution < -0.4 is 11.1 Å². The van der Waals surface area contributed by atoms with Crippen molar-refractivity contribution in [1.29, 1.82) is 0 Å². The summed E-state index contributed by atoms with van der Waals surface area (Å²) in [4.78, 5) is 14.0. The molecule has 18 heavy (non-hydrogen) atoms. The first-order valence-corrected chi connectivity index (χ1v) is 5.03. The second-order valence-electron chi connectivity index (χ2n) is 3.35. The van der Waals surface area contributed by atoms with E-state index in [4.69, 9.17) is 22.4 Å². The maximum atomic E-state index is 12.3. The van der Waals surface area contributed by atoms with Crippen LogP contribution in [0.4, 0.5) is 19.0 Å². The van der Waals surface area contributed by atoms with E-state index in [2.05, 4.69) is 10.3 Å². The maximum absolute atomic E-state index is 12.3. The van der Waals surface area contributed by atoms with E-state index in [9.17, 15) is 18.0 Å². The van der Waals surface area contributed by atoms with Crippen molar-refractivity contribution in [3.05, 3.63) is 22.8 Å². The minimum Gasteiger partial charge on any atom is -0.381 e. The van der Waals surface area contributed by atoms with E-state index in [1.54, 1.807) is 0 Å². The number of aliphatic hydroxyl groups is 1. The summed E-state index contributed by atoms with van der Waals surface area (Å²) in [5.74, 6) is -1.05. The second-order valence-corrected chi connectivity index (χ2v) is 3.76. The number of nitrogens with zero attached hydrogens (tertiary/aromatic N) is 1. The number of alkyl halides is 3. The Morgan fingerprint density at radius 2 is 2.22 bits per heavy atom. The number of nitrogens with one attached hydrogen (secondary N) is 1. The number of anilines is 1. The highest BCUT2D eigenvalue weighted by atomic mass is 35.5. The number of carbonyl (C=O) groups excluding carboxylic acids is 1. The van der Waals surface area contributed by atoms with Crippen molar-refractivity contribution in [2.45, 2.75) is 12.3 Å². The zero-order valence-corrected chi connectivity index (χ0v) is 9.59. The Morgan fingerprint density at radius 1 is 1.61 bits per heavy atom. The fraction of sp³-hybridized carbons (Fsp3) is 0.333. The largest absolute Gasteiger partial charge is 0.417 e. The highest BCUT2D eigenvalue weighted by molar-refractivity contribution is 6.32. The average Bonchev–Trinajstić information content (AvgIpc) is 2.25. The van der Waals surface area contributed by atoms with E-state index >= 15 is 0 Å². The molecule has 9 heteroatoms. The van der Waals surface area contributed by atoms with Crippen LogP contribution in [0.1, 0.15) is 5.56 Å². The molecule has 0 spiro atoms. The Balaban J connectivity index is 2.78. The lowest BCUT2D eigenvalue weighted by Crippen LogP contribution is -2.34. The molecule has 0 aromatic carbocycles. The van der Waals surface area contributed by atoms with Crippen LogP contribution in [-0.4, -0.2) is 28.6 Å². The fourth-order valence-electron chi connectivity index (χ4n) is 1.02. The summed E-state index contributed by atoms with van der Waals surface area (Å²) in [6.07, 6.45) is -5.43. The predicted octanol–water partition coefficient (Wildman–Crippen LogP) is 1.01. The number of hydrogen-bond donors (Lipinski definition) is 3. The Labute approximate surface area is 105 Å². The van der Waals surface area contributed by atoms with Crippen molar-refractivity contribution < 1.29 is 23.1 Å². The molecular weight excluding hydrogens is 275 g/mol. The number of primary amides is 1. The zero-order chi connectivity index (χ0) is 13.9. The highest BCUT2D eigenvalue weighted by Crippen LogP contribution is 2.32. The van der Waals surface area contributed by atoms with Crippen LogP contribution in [-0.2, 0) is 11.0 Å². The smallest absolute Gasteiger partial charge is 0.381 e. The molecule has 1 atom stereocenters. The van der Waals surface area contributed by atoms with E-state index in [0.29, 0.717) is 12.3 Å². The summed E-state index contributed by atoms with van der Waals surface area (Å²) >= 11 is 5.58. The normalized spacial score (nSPS) is 13.2. The summed E-state index contributed by atoms with van der Waals surface area (Å²) in [5, 5.41) is 11.2. The third-order valence-electron chi connectivity index (χ3n) is 1.96. The molecule has 1 rings (SSSR count). The van der Waals surface area contributed by atoms with Gasteiger partial charge >= 0.3 is 6.18 Å². The number of pyridine rings is 1. The van der Waals surface area contributed by atoms with Gasteiger partial charge in [0.25, 0.3) is 0 Å². The Morgan fingerprint density at radius 3 is 2.67 bits per heavy atom. The number of rotatable bonds is 4. The van der Waals surface area contributed by atoms with Gasteiger partial charge in [0, 0.05) is 6.20 Å². The van der Waals surface area contributed by atoms with Gasteiger partial charge in [-0.15, -0.1) is 0 Å². The van der Waals surface area contributed by atoms with Gasteiger partial charge in [-0.2, -0.15) is 13.2 Å². The molecule has 0 bridgehead atoms. The highest BCUT2D eigenvalue weighted by Gasteiger charge is 2.31. The van der Waals surface area contributed by atoms with Crippen molar-refractivity contribution in [3.8, 4) is 0 Å². The first kappa shape index (κ1) is 14.5. The molecule has 1 aromatic rings. The van der Waals surface area contributed by atoms with E-state index < -0.39 is 23.8 Å². The van der Waals surface area contributed by atoms with Crippen LogP contribution in [0.15, 0.2) is 12.3 Å². The number of hydrogen-bond acceptors (Lipinski definition) is 4. The lowest BCUT2D eigenvalue weighted by molar-refractivity contribution is -0.137. The molecule has 0 saturated carbocycles. The van der Waals surface area contributed by atoms with Gasteiger partial charge in [0.15, 0.2) is 0 Å². The third kappa shape index (κ3) is 3.74. The topological polar surface area (TPSA) is 88.2 Å². The monoisotopic (exact) mass is 283 g/mol. The second kappa shape index (κ2) is 5.40. The molecular formula is C9H9ClF3N3O2. The Bertz CT molecular complexity index is 453. The molecule has 1 amide bonds. The minimum absolute atomic E-state index is 0.0787. The molecule has 1 heterocycles. The van der Waals surface area contributed by atoms with E-state index in [-0.39, 0.29) is 17.4 Å². The van der Waals surface area contributed by atoms with Gasteiger partial charge in [0.05, 0.1) is 17.1 Å². The van der Waals surface area contributed by atoms with Crippen molar-refractivity contribution in [1.82, 2.24) is 4.98 Å².